The molecule has 0 radical (unpaired) electrons. The Morgan fingerprint density at radius 1 is 0.262 bits per heavy atom. The van der Waals surface area contributed by atoms with Crippen LogP contribution in [0.1, 0.15) is 25.0 Å². The van der Waals surface area contributed by atoms with Crippen LogP contribution >= 0.6 is 0 Å². The van der Waals surface area contributed by atoms with Crippen LogP contribution in [0.15, 0.2) is 194 Å². The lowest BCUT2D eigenvalue weighted by Crippen LogP contribution is -2.14. The van der Waals surface area contributed by atoms with Crippen molar-refractivity contribution in [3.63, 3.8) is 0 Å². The average molecular weight is 771 g/mol. The largest absolute Gasteiger partial charge is 0.0622 e. The van der Waals surface area contributed by atoms with Gasteiger partial charge in [-0.2, -0.15) is 0 Å². The molecule has 0 unspecified atom stereocenters. The summed E-state index contributed by atoms with van der Waals surface area (Å²) in [6.07, 6.45) is 0. The highest BCUT2D eigenvalue weighted by Crippen LogP contribution is 2.56. The van der Waals surface area contributed by atoms with Gasteiger partial charge in [0.05, 0.1) is 0 Å². The number of benzene rings is 11. The smallest absolute Gasteiger partial charge is 0.0159 e. The minimum Gasteiger partial charge on any atom is -0.0622 e. The predicted molar refractivity (Wildman–Crippen MR) is 263 cm³/mol. The second kappa shape index (κ2) is 11.8. The molecule has 0 saturated heterocycles. The Labute approximate surface area is 353 Å². The van der Waals surface area contributed by atoms with Crippen LogP contribution in [0.4, 0.5) is 0 Å². The lowest BCUT2D eigenvalue weighted by atomic mass is 9.81. The van der Waals surface area contributed by atoms with Gasteiger partial charge in [-0.05, 0) is 166 Å². The second-order valence-electron chi connectivity index (χ2n) is 17.9. The Morgan fingerprint density at radius 2 is 0.803 bits per heavy atom. The maximum absolute atomic E-state index is 2.53. The summed E-state index contributed by atoms with van der Waals surface area (Å²) in [5, 5.41) is 21.1. The Morgan fingerprint density at radius 3 is 1.57 bits per heavy atom. The lowest BCUT2D eigenvalue weighted by molar-refractivity contribution is 0.660. The van der Waals surface area contributed by atoms with Crippen LogP contribution in [-0.2, 0) is 5.41 Å². The van der Waals surface area contributed by atoms with Crippen LogP contribution < -0.4 is 0 Å². The van der Waals surface area contributed by atoms with Gasteiger partial charge >= 0.3 is 0 Å². The maximum Gasteiger partial charge on any atom is 0.0159 e. The Bertz CT molecular complexity index is 3980. The predicted octanol–water partition coefficient (Wildman–Crippen LogP) is 17.1. The molecule has 0 N–H and O–H groups in total. The van der Waals surface area contributed by atoms with Crippen molar-refractivity contribution in [2.24, 2.45) is 0 Å². The van der Waals surface area contributed by atoms with Crippen molar-refractivity contribution in [3.05, 3.63) is 205 Å². The summed E-state index contributed by atoms with van der Waals surface area (Å²) >= 11 is 0. The standard InChI is InChI=1S/C61H38/c1-61(2)52-26-12-11-21-42(52)43-30-29-38(33-53(43)61)37-27-28-39-32-50-57-45(48(39)31-37)23-14-25-47(57)59-54(35-15-5-3-6-16-35)51-34-49-41-20-10-9-19-40(41)44-22-13-24-46(56(44)49)58(51)55(60(50)59)36-17-7-4-8-18-36/h3-34H,1-2H3. The van der Waals surface area contributed by atoms with E-state index in [2.05, 4.69) is 208 Å². The molecule has 0 bridgehead atoms. The van der Waals surface area contributed by atoms with Gasteiger partial charge in [-0.3, -0.25) is 0 Å². The van der Waals surface area contributed by atoms with E-state index in [1.807, 2.05) is 0 Å². The molecular weight excluding hydrogens is 733 g/mol. The van der Waals surface area contributed by atoms with E-state index in [0.29, 0.717) is 0 Å². The van der Waals surface area contributed by atoms with Crippen molar-refractivity contribution in [3.8, 4) is 44.5 Å². The summed E-state index contributed by atoms with van der Waals surface area (Å²) in [4.78, 5) is 0. The van der Waals surface area contributed by atoms with Gasteiger partial charge in [-0.1, -0.05) is 184 Å². The molecule has 0 spiro atoms. The van der Waals surface area contributed by atoms with Crippen molar-refractivity contribution in [2.45, 2.75) is 19.3 Å². The van der Waals surface area contributed by atoms with Crippen molar-refractivity contribution < 1.29 is 0 Å². The van der Waals surface area contributed by atoms with E-state index in [0.717, 1.165) is 0 Å². The third-order valence-corrected chi connectivity index (χ3v) is 14.5. The zero-order valence-electron chi connectivity index (χ0n) is 34.0. The van der Waals surface area contributed by atoms with Crippen molar-refractivity contribution >= 4 is 86.2 Å². The number of fused-ring (bicyclic) bond motifs is 13. The minimum atomic E-state index is -0.0497. The van der Waals surface area contributed by atoms with Crippen LogP contribution in [0.2, 0.25) is 0 Å². The monoisotopic (exact) mass is 770 g/mol. The Hall–Kier alpha value is -7.54. The van der Waals surface area contributed by atoms with Gasteiger partial charge < -0.3 is 0 Å². The first-order chi connectivity index (χ1) is 30.0. The SMILES string of the molecule is CC1(C)c2ccccc2-c2ccc(-c3ccc4cc5c6c(-c7ccccc7)c7c(cc8c9ccccc9c9cccc7c98)c(-c7ccccc7)c6c6cccc(c4c3)c65)cc21. The van der Waals surface area contributed by atoms with Crippen molar-refractivity contribution in [2.75, 3.05) is 0 Å². The summed E-state index contributed by atoms with van der Waals surface area (Å²) in [6, 6.07) is 73.6. The first-order valence-corrected chi connectivity index (χ1v) is 21.6. The molecule has 0 fully saturated rings. The molecule has 0 aromatic heterocycles. The van der Waals surface area contributed by atoms with Crippen LogP contribution in [0.3, 0.4) is 0 Å². The van der Waals surface area contributed by atoms with E-state index < -0.39 is 0 Å². The molecule has 61 heavy (non-hydrogen) atoms. The molecule has 13 aromatic rings. The van der Waals surface area contributed by atoms with Gasteiger partial charge in [-0.25, -0.2) is 0 Å². The highest BCUT2D eigenvalue weighted by atomic mass is 14.4. The average Bonchev–Trinajstić information content (AvgIpc) is 3.90. The summed E-state index contributed by atoms with van der Waals surface area (Å²) in [5.41, 5.74) is 13.1. The zero-order valence-corrected chi connectivity index (χ0v) is 34.0. The van der Waals surface area contributed by atoms with Gasteiger partial charge in [0.15, 0.2) is 0 Å². The van der Waals surface area contributed by atoms with Crippen molar-refractivity contribution in [1.29, 1.82) is 0 Å². The molecule has 0 nitrogen and oxygen atoms in total. The molecule has 1 aliphatic rings. The molecule has 13 aromatic carbocycles. The third-order valence-electron chi connectivity index (χ3n) is 14.5. The van der Waals surface area contributed by atoms with Crippen molar-refractivity contribution in [1.82, 2.24) is 0 Å². The minimum absolute atomic E-state index is 0.0497. The second-order valence-corrected chi connectivity index (χ2v) is 17.9. The fourth-order valence-electron chi connectivity index (χ4n) is 11.9. The van der Waals surface area contributed by atoms with E-state index >= 15 is 0 Å². The maximum atomic E-state index is 2.53. The summed E-state index contributed by atoms with van der Waals surface area (Å²) in [7, 11) is 0. The zero-order chi connectivity index (χ0) is 40.1. The first kappa shape index (κ1) is 33.3. The Kier molecular flexibility index (Phi) is 6.45. The quantitative estimate of drug-likeness (QED) is 0.157. The van der Waals surface area contributed by atoms with Crippen LogP contribution in [-0.4, -0.2) is 0 Å². The summed E-state index contributed by atoms with van der Waals surface area (Å²) in [5.74, 6) is 0. The molecule has 282 valence electrons. The van der Waals surface area contributed by atoms with E-state index in [-0.39, 0.29) is 5.41 Å². The van der Waals surface area contributed by atoms with Crippen LogP contribution in [0, 0.1) is 0 Å². The molecule has 0 saturated carbocycles. The van der Waals surface area contributed by atoms with Crippen LogP contribution in [0.5, 0.6) is 0 Å². The van der Waals surface area contributed by atoms with Gasteiger partial charge in [-0.15, -0.1) is 0 Å². The summed E-state index contributed by atoms with van der Waals surface area (Å²) < 4.78 is 0. The molecule has 0 heterocycles. The molecule has 0 amide bonds. The lowest BCUT2D eigenvalue weighted by Gasteiger charge is -2.22. The van der Waals surface area contributed by atoms with E-state index in [1.54, 1.807) is 0 Å². The van der Waals surface area contributed by atoms with Gasteiger partial charge in [0.1, 0.15) is 0 Å². The first-order valence-electron chi connectivity index (χ1n) is 21.6. The van der Waals surface area contributed by atoms with Crippen LogP contribution in [0.25, 0.3) is 131 Å². The molecule has 0 heteroatoms. The fourth-order valence-corrected chi connectivity index (χ4v) is 11.9. The van der Waals surface area contributed by atoms with Gasteiger partial charge in [0.25, 0.3) is 0 Å². The molecule has 0 atom stereocenters. The molecule has 14 rings (SSSR count). The highest BCUT2D eigenvalue weighted by Gasteiger charge is 2.35. The molecule has 0 aliphatic heterocycles. The number of rotatable bonds is 3. The number of hydrogen-bond acceptors (Lipinski definition) is 0. The van der Waals surface area contributed by atoms with E-state index in [1.165, 1.54) is 142 Å². The summed E-state index contributed by atoms with van der Waals surface area (Å²) in [6.45, 7) is 4.74. The molecule has 1 aliphatic carbocycles. The highest BCUT2D eigenvalue weighted by molar-refractivity contribution is 6.46. The third kappa shape index (κ3) is 4.29. The fraction of sp³-hybridized carbons (Fsp3) is 0.0492. The van der Waals surface area contributed by atoms with E-state index in [9.17, 15) is 0 Å². The normalized spacial score (nSPS) is 13.5. The topological polar surface area (TPSA) is 0 Å². The molecular formula is C61H38. The van der Waals surface area contributed by atoms with Gasteiger partial charge in [0.2, 0.25) is 0 Å². The number of hydrogen-bond donors (Lipinski definition) is 0. The Balaban J connectivity index is 1.14. The van der Waals surface area contributed by atoms with E-state index in [4.69, 9.17) is 0 Å². The van der Waals surface area contributed by atoms with Gasteiger partial charge in [0, 0.05) is 5.41 Å².